The van der Waals surface area contributed by atoms with E-state index in [1.165, 1.54) is 0 Å². The van der Waals surface area contributed by atoms with Crippen LogP contribution in [0, 0.1) is 0 Å². The van der Waals surface area contributed by atoms with Gasteiger partial charge in [-0.2, -0.15) is 0 Å². The summed E-state index contributed by atoms with van der Waals surface area (Å²) in [4.78, 5) is 15.2. The van der Waals surface area contributed by atoms with Gasteiger partial charge in [-0.1, -0.05) is 6.07 Å². The lowest BCUT2D eigenvalue weighted by Gasteiger charge is -2.04. The largest absolute Gasteiger partial charge is 0.480 e. The summed E-state index contributed by atoms with van der Waals surface area (Å²) in [7, 11) is 0. The van der Waals surface area contributed by atoms with Gasteiger partial charge in [-0.25, -0.2) is 4.98 Å². The molecule has 1 aliphatic rings. The molecule has 1 saturated carbocycles. The summed E-state index contributed by atoms with van der Waals surface area (Å²) in [6.07, 6.45) is 4.06. The van der Waals surface area contributed by atoms with Gasteiger partial charge in [0.25, 0.3) is 0 Å². The van der Waals surface area contributed by atoms with E-state index in [-0.39, 0.29) is 5.92 Å². The van der Waals surface area contributed by atoms with E-state index in [2.05, 4.69) is 4.98 Å². The predicted octanol–water partition coefficient (Wildman–Crippen LogP) is 0.604. The maximum Gasteiger partial charge on any atom is 0.324 e. The normalized spacial score (nSPS) is 28.2. The number of imidazole rings is 1. The first-order valence-corrected chi connectivity index (χ1v) is 5.07. The fourth-order valence-electron chi connectivity index (χ4n) is 2.09. The molecule has 3 rings (SSSR count). The molecule has 2 unspecified atom stereocenters. The second-order valence-corrected chi connectivity index (χ2v) is 4.21. The molecule has 0 aliphatic heterocycles. The molecule has 0 amide bonds. The fraction of sp³-hybridized carbons (Fsp3) is 0.273. The number of hydrogen-bond donors (Lipinski definition) is 2. The summed E-state index contributed by atoms with van der Waals surface area (Å²) in [6, 6.07) is 5.66. The van der Waals surface area contributed by atoms with E-state index in [0.717, 1.165) is 11.3 Å². The summed E-state index contributed by atoms with van der Waals surface area (Å²) >= 11 is 0. The van der Waals surface area contributed by atoms with Gasteiger partial charge in [0.1, 0.15) is 11.2 Å². The summed E-state index contributed by atoms with van der Waals surface area (Å²) in [6.45, 7) is 0. The Balaban J connectivity index is 2.06. The highest BCUT2D eigenvalue weighted by molar-refractivity contribution is 5.84. The Kier molecular flexibility index (Phi) is 1.65. The Bertz CT molecular complexity index is 577. The molecule has 2 atom stereocenters. The molecule has 2 aromatic rings. The van der Waals surface area contributed by atoms with Gasteiger partial charge in [0.15, 0.2) is 0 Å². The zero-order chi connectivity index (χ0) is 11.3. The summed E-state index contributed by atoms with van der Waals surface area (Å²) in [5.74, 6) is -1.08. The second-order valence-electron chi connectivity index (χ2n) is 4.21. The molecule has 0 radical (unpaired) electrons. The summed E-state index contributed by atoms with van der Waals surface area (Å²) < 4.78 is 1.89. The third-order valence-corrected chi connectivity index (χ3v) is 3.20. The molecule has 3 N–H and O–H groups in total. The van der Waals surface area contributed by atoms with Crippen LogP contribution in [0.5, 0.6) is 0 Å². The number of carbonyl (C=O) groups is 1. The molecule has 0 spiro atoms. The molecule has 0 aromatic carbocycles. The molecule has 82 valence electrons. The van der Waals surface area contributed by atoms with Gasteiger partial charge in [0, 0.05) is 24.0 Å². The van der Waals surface area contributed by atoms with E-state index in [1.807, 2.05) is 28.8 Å². The van der Waals surface area contributed by atoms with Crippen LogP contribution in [0.2, 0.25) is 0 Å². The van der Waals surface area contributed by atoms with Crippen molar-refractivity contribution in [2.24, 2.45) is 5.73 Å². The van der Waals surface area contributed by atoms with Crippen molar-refractivity contribution in [3.8, 4) is 0 Å². The first kappa shape index (κ1) is 9.35. The van der Waals surface area contributed by atoms with E-state index in [4.69, 9.17) is 10.8 Å². The van der Waals surface area contributed by atoms with E-state index < -0.39 is 11.5 Å². The number of carboxylic acids is 1. The number of nitrogens with zero attached hydrogens (tertiary/aromatic N) is 2. The molecule has 1 fully saturated rings. The highest BCUT2D eigenvalue weighted by atomic mass is 16.4. The maximum atomic E-state index is 11.0. The monoisotopic (exact) mass is 217 g/mol. The van der Waals surface area contributed by atoms with Gasteiger partial charge in [-0.05, 0) is 18.6 Å². The number of aromatic nitrogens is 2. The van der Waals surface area contributed by atoms with Gasteiger partial charge in [0.05, 0.1) is 0 Å². The minimum atomic E-state index is -1.11. The lowest BCUT2D eigenvalue weighted by Crippen LogP contribution is -2.34. The van der Waals surface area contributed by atoms with E-state index in [0.29, 0.717) is 6.42 Å². The number of nitrogens with two attached hydrogens (primary N) is 1. The van der Waals surface area contributed by atoms with Crippen LogP contribution in [-0.2, 0) is 4.79 Å². The average molecular weight is 217 g/mol. The molecule has 0 bridgehead atoms. The van der Waals surface area contributed by atoms with Crippen molar-refractivity contribution in [3.63, 3.8) is 0 Å². The average Bonchev–Trinajstić information content (AvgIpc) is 2.80. The number of carboxylic acid groups (broad SMARTS) is 1. The van der Waals surface area contributed by atoms with E-state index >= 15 is 0 Å². The van der Waals surface area contributed by atoms with Crippen molar-refractivity contribution in [3.05, 3.63) is 36.3 Å². The molecular formula is C11H11N3O2. The smallest absolute Gasteiger partial charge is 0.324 e. The first-order chi connectivity index (χ1) is 7.63. The van der Waals surface area contributed by atoms with Gasteiger partial charge in [0.2, 0.25) is 0 Å². The molecule has 1 aliphatic carbocycles. The summed E-state index contributed by atoms with van der Waals surface area (Å²) in [5, 5.41) is 9.00. The van der Waals surface area contributed by atoms with Gasteiger partial charge < -0.3 is 15.2 Å². The quantitative estimate of drug-likeness (QED) is 0.772. The Morgan fingerprint density at radius 2 is 2.44 bits per heavy atom. The van der Waals surface area contributed by atoms with Crippen molar-refractivity contribution < 1.29 is 9.90 Å². The Labute approximate surface area is 91.5 Å². The molecular weight excluding hydrogens is 206 g/mol. The number of fused-ring (bicyclic) bond motifs is 1. The minimum Gasteiger partial charge on any atom is -0.480 e. The third kappa shape index (κ3) is 1.09. The van der Waals surface area contributed by atoms with Crippen molar-refractivity contribution in [2.45, 2.75) is 17.9 Å². The zero-order valence-corrected chi connectivity index (χ0v) is 8.50. The van der Waals surface area contributed by atoms with Crippen molar-refractivity contribution >= 4 is 11.6 Å². The maximum absolute atomic E-state index is 11.0. The SMILES string of the molecule is NC1(C(=O)O)CC1c1cnc2ccccn12. The Morgan fingerprint density at radius 3 is 3.12 bits per heavy atom. The number of hydrogen-bond acceptors (Lipinski definition) is 3. The van der Waals surface area contributed by atoms with Crippen molar-refractivity contribution in [1.29, 1.82) is 0 Å². The van der Waals surface area contributed by atoms with Crippen LogP contribution < -0.4 is 5.73 Å². The number of pyridine rings is 1. The van der Waals surface area contributed by atoms with Gasteiger partial charge in [-0.3, -0.25) is 4.79 Å². The second kappa shape index (κ2) is 2.82. The standard InChI is InChI=1S/C11H11N3O2/c12-11(10(15)16)5-7(11)8-6-13-9-3-1-2-4-14(8)9/h1-4,6-7H,5,12H2,(H,15,16). The first-order valence-electron chi connectivity index (χ1n) is 5.07. The van der Waals surface area contributed by atoms with E-state index in [9.17, 15) is 4.79 Å². The van der Waals surface area contributed by atoms with Crippen LogP contribution in [0.25, 0.3) is 5.65 Å². The lowest BCUT2D eigenvalue weighted by molar-refractivity contribution is -0.139. The zero-order valence-electron chi connectivity index (χ0n) is 8.50. The van der Waals surface area contributed by atoms with Crippen LogP contribution in [0.4, 0.5) is 0 Å². The van der Waals surface area contributed by atoms with Crippen LogP contribution in [0.3, 0.4) is 0 Å². The molecule has 2 heterocycles. The Morgan fingerprint density at radius 1 is 1.62 bits per heavy atom. The van der Waals surface area contributed by atoms with Crippen LogP contribution in [-0.4, -0.2) is 26.0 Å². The highest BCUT2D eigenvalue weighted by Crippen LogP contribution is 2.49. The minimum absolute atomic E-state index is 0.137. The number of aliphatic carboxylic acids is 1. The van der Waals surface area contributed by atoms with Crippen LogP contribution in [0.15, 0.2) is 30.6 Å². The topological polar surface area (TPSA) is 80.6 Å². The third-order valence-electron chi connectivity index (χ3n) is 3.20. The summed E-state index contributed by atoms with van der Waals surface area (Å²) in [5.41, 5.74) is 6.36. The molecule has 2 aromatic heterocycles. The van der Waals surface area contributed by atoms with E-state index in [1.54, 1.807) is 6.20 Å². The predicted molar refractivity (Wildman–Crippen MR) is 57.1 cm³/mol. The fourth-order valence-corrected chi connectivity index (χ4v) is 2.09. The van der Waals surface area contributed by atoms with Gasteiger partial charge >= 0.3 is 5.97 Å². The van der Waals surface area contributed by atoms with Gasteiger partial charge in [-0.15, -0.1) is 0 Å². The highest BCUT2D eigenvalue weighted by Gasteiger charge is 2.59. The molecule has 5 nitrogen and oxygen atoms in total. The van der Waals surface area contributed by atoms with Crippen LogP contribution >= 0.6 is 0 Å². The van der Waals surface area contributed by atoms with Crippen molar-refractivity contribution in [1.82, 2.24) is 9.38 Å². The van der Waals surface area contributed by atoms with Crippen molar-refractivity contribution in [2.75, 3.05) is 0 Å². The molecule has 5 heteroatoms. The lowest BCUT2D eigenvalue weighted by atomic mass is 10.2. The van der Waals surface area contributed by atoms with Crippen LogP contribution in [0.1, 0.15) is 18.0 Å². The number of rotatable bonds is 2. The molecule has 16 heavy (non-hydrogen) atoms. The molecule has 0 saturated heterocycles. The Hall–Kier alpha value is -1.88.